The Morgan fingerprint density at radius 1 is 1.50 bits per heavy atom. The van der Waals surface area contributed by atoms with Crippen LogP contribution in [-0.2, 0) is 4.79 Å². The van der Waals surface area contributed by atoms with Crippen molar-refractivity contribution in [3.8, 4) is 0 Å². The molecular formula is C14H27N3O2S. The number of aliphatic hydroxyl groups excluding tert-OH is 1. The van der Waals surface area contributed by atoms with Crippen molar-refractivity contribution in [3.63, 3.8) is 0 Å². The average molecular weight is 301 g/mol. The Balaban J connectivity index is 2.26. The van der Waals surface area contributed by atoms with Crippen molar-refractivity contribution in [1.82, 2.24) is 9.80 Å². The standard InChI is InChI=1S/C14H27N3O2S/c1-16(9-6-13(15)20)14(19)7-10-17-8-2-4-12(17)5-3-11-18/h12,18H,2-11H2,1H3,(H2,15,20). The highest BCUT2D eigenvalue weighted by Crippen LogP contribution is 2.21. The van der Waals surface area contributed by atoms with E-state index >= 15 is 0 Å². The monoisotopic (exact) mass is 301 g/mol. The molecule has 20 heavy (non-hydrogen) atoms. The topological polar surface area (TPSA) is 69.8 Å². The van der Waals surface area contributed by atoms with Gasteiger partial charge in [0.25, 0.3) is 0 Å². The van der Waals surface area contributed by atoms with E-state index in [0.29, 0.717) is 30.4 Å². The van der Waals surface area contributed by atoms with Crippen molar-refractivity contribution in [2.24, 2.45) is 5.73 Å². The second-order valence-corrected chi connectivity index (χ2v) is 6.00. The second-order valence-electron chi connectivity index (χ2n) is 5.48. The van der Waals surface area contributed by atoms with Crippen LogP contribution in [0, 0.1) is 0 Å². The smallest absolute Gasteiger partial charge is 0.223 e. The summed E-state index contributed by atoms with van der Waals surface area (Å²) < 4.78 is 0. The lowest BCUT2D eigenvalue weighted by Gasteiger charge is -2.25. The number of thiocarbonyl (C=S) groups is 1. The van der Waals surface area contributed by atoms with E-state index in [1.54, 1.807) is 11.9 Å². The van der Waals surface area contributed by atoms with Gasteiger partial charge in [-0.3, -0.25) is 9.69 Å². The van der Waals surface area contributed by atoms with E-state index in [4.69, 9.17) is 23.1 Å². The van der Waals surface area contributed by atoms with Gasteiger partial charge in [-0.2, -0.15) is 0 Å². The first-order chi connectivity index (χ1) is 9.54. The zero-order valence-electron chi connectivity index (χ0n) is 12.4. The predicted molar refractivity (Wildman–Crippen MR) is 84.6 cm³/mol. The van der Waals surface area contributed by atoms with Gasteiger partial charge in [-0.15, -0.1) is 0 Å². The van der Waals surface area contributed by atoms with Gasteiger partial charge in [0.15, 0.2) is 0 Å². The van der Waals surface area contributed by atoms with Crippen molar-refractivity contribution in [1.29, 1.82) is 0 Å². The molecule has 3 N–H and O–H groups in total. The number of likely N-dealkylation sites (tertiary alicyclic amines) is 1. The van der Waals surface area contributed by atoms with Crippen LogP contribution in [0.4, 0.5) is 0 Å². The molecule has 1 rings (SSSR count). The molecule has 0 saturated carbocycles. The molecule has 0 aromatic heterocycles. The van der Waals surface area contributed by atoms with Gasteiger partial charge < -0.3 is 15.7 Å². The van der Waals surface area contributed by atoms with Crippen LogP contribution in [0.2, 0.25) is 0 Å². The summed E-state index contributed by atoms with van der Waals surface area (Å²) in [6.45, 7) is 2.74. The van der Waals surface area contributed by atoms with E-state index in [2.05, 4.69) is 4.90 Å². The summed E-state index contributed by atoms with van der Waals surface area (Å²) in [5.41, 5.74) is 5.44. The molecule has 116 valence electrons. The van der Waals surface area contributed by atoms with E-state index in [-0.39, 0.29) is 12.5 Å². The average Bonchev–Trinajstić information content (AvgIpc) is 2.87. The van der Waals surface area contributed by atoms with Crippen molar-refractivity contribution in [3.05, 3.63) is 0 Å². The molecule has 1 aliphatic rings. The Labute approximate surface area is 127 Å². The number of carbonyl (C=O) groups is 1. The molecule has 0 bridgehead atoms. The molecule has 1 aliphatic heterocycles. The molecule has 1 heterocycles. The Morgan fingerprint density at radius 3 is 2.90 bits per heavy atom. The fourth-order valence-electron chi connectivity index (χ4n) is 2.68. The number of aliphatic hydroxyl groups is 1. The Bertz CT molecular complexity index is 326. The first-order valence-electron chi connectivity index (χ1n) is 7.41. The molecule has 5 nitrogen and oxygen atoms in total. The minimum Gasteiger partial charge on any atom is -0.396 e. The molecule has 0 aromatic rings. The number of amides is 1. The van der Waals surface area contributed by atoms with Crippen molar-refractivity contribution in [2.75, 3.05) is 33.3 Å². The molecule has 0 aliphatic carbocycles. The molecule has 1 unspecified atom stereocenters. The quantitative estimate of drug-likeness (QED) is 0.615. The van der Waals surface area contributed by atoms with Crippen LogP contribution in [0.1, 0.15) is 38.5 Å². The van der Waals surface area contributed by atoms with Gasteiger partial charge in [0.2, 0.25) is 5.91 Å². The summed E-state index contributed by atoms with van der Waals surface area (Å²) in [5, 5.41) is 8.91. The number of hydrogen-bond donors (Lipinski definition) is 2. The number of carbonyl (C=O) groups excluding carboxylic acids is 1. The number of nitrogens with two attached hydrogens (primary N) is 1. The third kappa shape index (κ3) is 6.15. The zero-order valence-corrected chi connectivity index (χ0v) is 13.2. The third-order valence-electron chi connectivity index (χ3n) is 3.93. The van der Waals surface area contributed by atoms with Crippen molar-refractivity contribution in [2.45, 2.75) is 44.6 Å². The van der Waals surface area contributed by atoms with E-state index < -0.39 is 0 Å². The fraction of sp³-hybridized carbons (Fsp3) is 0.857. The lowest BCUT2D eigenvalue weighted by Crippen LogP contribution is -2.36. The molecule has 1 saturated heterocycles. The Morgan fingerprint density at radius 2 is 2.25 bits per heavy atom. The minimum atomic E-state index is 0.147. The maximum Gasteiger partial charge on any atom is 0.223 e. The lowest BCUT2D eigenvalue weighted by molar-refractivity contribution is -0.130. The van der Waals surface area contributed by atoms with E-state index in [1.807, 2.05) is 0 Å². The van der Waals surface area contributed by atoms with Gasteiger partial charge in [-0.05, 0) is 32.2 Å². The SMILES string of the molecule is CN(CCC(N)=S)C(=O)CCN1CCCC1CCCO. The van der Waals surface area contributed by atoms with Crippen LogP contribution in [-0.4, -0.2) is 65.1 Å². The van der Waals surface area contributed by atoms with E-state index in [0.717, 1.165) is 25.9 Å². The Hall–Kier alpha value is -0.720. The fourth-order valence-corrected chi connectivity index (χ4v) is 2.77. The van der Waals surface area contributed by atoms with Crippen LogP contribution in [0.3, 0.4) is 0 Å². The van der Waals surface area contributed by atoms with E-state index in [9.17, 15) is 4.79 Å². The summed E-state index contributed by atoms with van der Waals surface area (Å²) in [4.78, 5) is 16.6. The van der Waals surface area contributed by atoms with Crippen LogP contribution >= 0.6 is 12.2 Å². The molecule has 0 spiro atoms. The highest BCUT2D eigenvalue weighted by molar-refractivity contribution is 7.80. The Kier molecular flexibility index (Phi) is 8.02. The lowest BCUT2D eigenvalue weighted by atomic mass is 10.1. The number of nitrogens with zero attached hydrogens (tertiary/aromatic N) is 2. The molecule has 1 amide bonds. The molecular weight excluding hydrogens is 274 g/mol. The number of rotatable bonds is 9. The van der Waals surface area contributed by atoms with Crippen molar-refractivity contribution < 1.29 is 9.90 Å². The van der Waals surface area contributed by atoms with Crippen molar-refractivity contribution >= 4 is 23.1 Å². The number of hydrogen-bond acceptors (Lipinski definition) is 4. The normalized spacial score (nSPS) is 19.2. The third-order valence-corrected chi connectivity index (χ3v) is 4.13. The maximum absolute atomic E-state index is 12.0. The zero-order chi connectivity index (χ0) is 15.0. The maximum atomic E-state index is 12.0. The summed E-state index contributed by atoms with van der Waals surface area (Å²) in [5.74, 6) is 0.147. The summed E-state index contributed by atoms with van der Waals surface area (Å²) >= 11 is 4.82. The largest absolute Gasteiger partial charge is 0.396 e. The van der Waals surface area contributed by atoms with Gasteiger partial charge in [0, 0.05) is 45.6 Å². The van der Waals surface area contributed by atoms with Gasteiger partial charge in [0.05, 0.1) is 4.99 Å². The van der Waals surface area contributed by atoms with Gasteiger partial charge in [-0.1, -0.05) is 12.2 Å². The van der Waals surface area contributed by atoms with Crippen LogP contribution in [0.15, 0.2) is 0 Å². The highest BCUT2D eigenvalue weighted by Gasteiger charge is 2.24. The molecule has 1 atom stereocenters. The first kappa shape index (κ1) is 17.3. The van der Waals surface area contributed by atoms with Gasteiger partial charge in [-0.25, -0.2) is 0 Å². The highest BCUT2D eigenvalue weighted by atomic mass is 32.1. The molecule has 6 heteroatoms. The molecule has 0 radical (unpaired) electrons. The van der Waals surface area contributed by atoms with Gasteiger partial charge >= 0.3 is 0 Å². The van der Waals surface area contributed by atoms with Crippen LogP contribution in [0.5, 0.6) is 0 Å². The molecule has 1 fully saturated rings. The van der Waals surface area contributed by atoms with E-state index in [1.165, 1.54) is 12.8 Å². The van der Waals surface area contributed by atoms with Crippen LogP contribution < -0.4 is 5.73 Å². The molecule has 0 aromatic carbocycles. The second kappa shape index (κ2) is 9.26. The first-order valence-corrected chi connectivity index (χ1v) is 7.82. The minimum absolute atomic E-state index is 0.147. The summed E-state index contributed by atoms with van der Waals surface area (Å²) in [6, 6.07) is 0.539. The van der Waals surface area contributed by atoms with Crippen LogP contribution in [0.25, 0.3) is 0 Å². The van der Waals surface area contributed by atoms with Gasteiger partial charge in [0.1, 0.15) is 0 Å². The summed E-state index contributed by atoms with van der Waals surface area (Å²) in [7, 11) is 1.80. The summed E-state index contributed by atoms with van der Waals surface area (Å²) in [6.07, 6.45) is 5.39. The predicted octanol–water partition coefficient (Wildman–Crippen LogP) is 0.748.